The molecule has 1 saturated carbocycles. The highest BCUT2D eigenvalue weighted by Crippen LogP contribution is 2.34. The van der Waals surface area contributed by atoms with Crippen LogP contribution in [0.2, 0.25) is 0 Å². The molecule has 0 amide bonds. The second-order valence-electron chi connectivity index (χ2n) is 3.01. The van der Waals surface area contributed by atoms with Crippen molar-refractivity contribution < 1.29 is 15.0 Å². The monoisotopic (exact) mass is 190 g/mol. The zero-order valence-corrected chi connectivity index (χ0v) is 7.72. The summed E-state index contributed by atoms with van der Waals surface area (Å²) in [4.78, 5) is 10.7. The van der Waals surface area contributed by atoms with Gasteiger partial charge in [0, 0.05) is 11.0 Å². The Kier molecular flexibility index (Phi) is 3.88. The Hall–Kier alpha value is -0.220. The van der Waals surface area contributed by atoms with E-state index in [4.69, 9.17) is 10.2 Å². The molecule has 0 aromatic heterocycles. The van der Waals surface area contributed by atoms with Gasteiger partial charge in [0.25, 0.3) is 0 Å². The van der Waals surface area contributed by atoms with Gasteiger partial charge in [-0.1, -0.05) is 6.42 Å². The molecule has 0 aromatic carbocycles. The first kappa shape index (κ1) is 9.86. The molecule has 1 aliphatic rings. The second kappa shape index (κ2) is 4.72. The third-order valence-electron chi connectivity index (χ3n) is 2.19. The van der Waals surface area contributed by atoms with E-state index in [0.717, 1.165) is 19.3 Å². The van der Waals surface area contributed by atoms with E-state index in [2.05, 4.69) is 0 Å². The molecule has 1 aliphatic carbocycles. The Morgan fingerprint density at radius 3 is 2.83 bits per heavy atom. The molecule has 0 aromatic rings. The van der Waals surface area contributed by atoms with Gasteiger partial charge in [-0.2, -0.15) is 11.8 Å². The highest BCUT2D eigenvalue weighted by molar-refractivity contribution is 7.99. The number of aliphatic carboxylic acids is 1. The van der Waals surface area contributed by atoms with Gasteiger partial charge in [-0.15, -0.1) is 0 Å². The predicted octanol–water partition coefficient (Wildman–Crippen LogP) is 0.965. The first-order valence-electron chi connectivity index (χ1n) is 4.21. The molecule has 12 heavy (non-hydrogen) atoms. The summed E-state index contributed by atoms with van der Waals surface area (Å²) in [6.45, 7) is 0.146. The fourth-order valence-corrected chi connectivity index (χ4v) is 2.84. The molecular weight excluding hydrogens is 176 g/mol. The molecule has 4 heteroatoms. The van der Waals surface area contributed by atoms with Gasteiger partial charge in [-0.05, 0) is 12.8 Å². The lowest BCUT2D eigenvalue weighted by molar-refractivity contribution is -0.141. The van der Waals surface area contributed by atoms with Crippen molar-refractivity contribution in [3.8, 4) is 0 Å². The molecule has 0 heterocycles. The molecule has 1 rings (SSSR count). The maximum Gasteiger partial charge on any atom is 0.307 e. The van der Waals surface area contributed by atoms with Crippen LogP contribution >= 0.6 is 11.8 Å². The number of carboxylic acids is 1. The normalized spacial score (nSPS) is 29.1. The van der Waals surface area contributed by atoms with Gasteiger partial charge < -0.3 is 10.2 Å². The average molecular weight is 190 g/mol. The van der Waals surface area contributed by atoms with Crippen LogP contribution in [0.5, 0.6) is 0 Å². The van der Waals surface area contributed by atoms with Crippen LogP contribution in [0, 0.1) is 5.92 Å². The summed E-state index contributed by atoms with van der Waals surface area (Å²) in [5.74, 6) is -0.196. The number of carbonyl (C=O) groups is 1. The van der Waals surface area contributed by atoms with Gasteiger partial charge in [0.05, 0.1) is 12.5 Å². The van der Waals surface area contributed by atoms with Gasteiger partial charge in [0.2, 0.25) is 0 Å². The van der Waals surface area contributed by atoms with Crippen LogP contribution in [0.25, 0.3) is 0 Å². The SMILES string of the molecule is O=C(O)C1CCCC1SCCO. The van der Waals surface area contributed by atoms with E-state index in [-0.39, 0.29) is 17.8 Å². The van der Waals surface area contributed by atoms with E-state index in [1.165, 1.54) is 0 Å². The van der Waals surface area contributed by atoms with Crippen LogP contribution in [-0.2, 0) is 4.79 Å². The largest absolute Gasteiger partial charge is 0.481 e. The lowest BCUT2D eigenvalue weighted by Gasteiger charge is -2.13. The van der Waals surface area contributed by atoms with Gasteiger partial charge >= 0.3 is 5.97 Å². The van der Waals surface area contributed by atoms with Crippen molar-refractivity contribution in [2.45, 2.75) is 24.5 Å². The minimum atomic E-state index is -0.678. The van der Waals surface area contributed by atoms with Crippen LogP contribution in [0.3, 0.4) is 0 Å². The highest BCUT2D eigenvalue weighted by Gasteiger charge is 2.32. The summed E-state index contributed by atoms with van der Waals surface area (Å²) in [5, 5.41) is 17.6. The van der Waals surface area contributed by atoms with Gasteiger partial charge in [-0.25, -0.2) is 0 Å². The first-order valence-corrected chi connectivity index (χ1v) is 5.26. The van der Waals surface area contributed by atoms with Crippen molar-refractivity contribution in [2.24, 2.45) is 5.92 Å². The summed E-state index contributed by atoms with van der Waals surface area (Å²) in [6.07, 6.45) is 2.81. The Morgan fingerprint density at radius 2 is 2.25 bits per heavy atom. The molecule has 0 radical (unpaired) electrons. The molecule has 3 nitrogen and oxygen atoms in total. The first-order chi connectivity index (χ1) is 5.75. The average Bonchev–Trinajstić information content (AvgIpc) is 2.48. The van der Waals surface area contributed by atoms with Crippen molar-refractivity contribution in [2.75, 3.05) is 12.4 Å². The molecule has 0 aliphatic heterocycles. The smallest absolute Gasteiger partial charge is 0.307 e. The van der Waals surface area contributed by atoms with Crippen molar-refractivity contribution in [3.63, 3.8) is 0 Å². The fourth-order valence-electron chi connectivity index (χ4n) is 1.61. The predicted molar refractivity (Wildman–Crippen MR) is 48.3 cm³/mol. The third kappa shape index (κ3) is 2.38. The van der Waals surface area contributed by atoms with E-state index in [9.17, 15) is 4.79 Å². The van der Waals surface area contributed by atoms with Crippen molar-refractivity contribution in [3.05, 3.63) is 0 Å². The van der Waals surface area contributed by atoms with Crippen LogP contribution in [0.1, 0.15) is 19.3 Å². The molecular formula is C8H14O3S. The molecule has 2 N–H and O–H groups in total. The van der Waals surface area contributed by atoms with E-state index in [0.29, 0.717) is 5.75 Å². The second-order valence-corrected chi connectivity index (χ2v) is 4.36. The summed E-state index contributed by atoms with van der Waals surface area (Å²) >= 11 is 1.59. The van der Waals surface area contributed by atoms with Crippen LogP contribution in [0.4, 0.5) is 0 Å². The van der Waals surface area contributed by atoms with Crippen LogP contribution < -0.4 is 0 Å². The maximum absolute atomic E-state index is 10.7. The number of aliphatic hydroxyl groups excluding tert-OH is 1. The highest BCUT2D eigenvalue weighted by atomic mass is 32.2. The lowest BCUT2D eigenvalue weighted by Crippen LogP contribution is -2.20. The van der Waals surface area contributed by atoms with Crippen molar-refractivity contribution in [1.82, 2.24) is 0 Å². The maximum atomic E-state index is 10.7. The minimum Gasteiger partial charge on any atom is -0.481 e. The number of hydrogen-bond donors (Lipinski definition) is 2. The molecule has 70 valence electrons. The summed E-state index contributed by atoms with van der Waals surface area (Å²) in [5.41, 5.74) is 0. The summed E-state index contributed by atoms with van der Waals surface area (Å²) < 4.78 is 0. The number of rotatable bonds is 4. The topological polar surface area (TPSA) is 57.5 Å². The molecule has 0 bridgehead atoms. The standard InChI is InChI=1S/C8H14O3S/c9-4-5-12-7-3-1-2-6(7)8(10)11/h6-7,9H,1-5H2,(H,10,11). The number of aliphatic hydroxyl groups is 1. The molecule has 2 unspecified atom stereocenters. The fraction of sp³-hybridized carbons (Fsp3) is 0.875. The van der Waals surface area contributed by atoms with E-state index in [1.807, 2.05) is 0 Å². The molecule has 0 spiro atoms. The van der Waals surface area contributed by atoms with Gasteiger partial charge in [0.15, 0.2) is 0 Å². The van der Waals surface area contributed by atoms with E-state index >= 15 is 0 Å². The zero-order chi connectivity index (χ0) is 8.97. The lowest BCUT2D eigenvalue weighted by atomic mass is 10.1. The van der Waals surface area contributed by atoms with Crippen LogP contribution in [0.15, 0.2) is 0 Å². The van der Waals surface area contributed by atoms with E-state index in [1.54, 1.807) is 11.8 Å². The molecule has 1 fully saturated rings. The summed E-state index contributed by atoms with van der Waals surface area (Å²) in [6, 6.07) is 0. The Morgan fingerprint density at radius 1 is 1.50 bits per heavy atom. The Balaban J connectivity index is 2.35. The van der Waals surface area contributed by atoms with Gasteiger partial charge in [0.1, 0.15) is 0 Å². The van der Waals surface area contributed by atoms with Crippen molar-refractivity contribution in [1.29, 1.82) is 0 Å². The Labute approximate surface area is 76.2 Å². The van der Waals surface area contributed by atoms with Crippen molar-refractivity contribution >= 4 is 17.7 Å². The molecule has 2 atom stereocenters. The zero-order valence-electron chi connectivity index (χ0n) is 6.90. The van der Waals surface area contributed by atoms with E-state index < -0.39 is 5.97 Å². The van der Waals surface area contributed by atoms with Gasteiger partial charge in [-0.3, -0.25) is 4.79 Å². The number of thioether (sulfide) groups is 1. The summed E-state index contributed by atoms with van der Waals surface area (Å²) in [7, 11) is 0. The van der Waals surface area contributed by atoms with Crippen LogP contribution in [-0.4, -0.2) is 33.8 Å². The third-order valence-corrected chi connectivity index (χ3v) is 3.60. The molecule has 0 saturated heterocycles. The minimum absolute atomic E-state index is 0.146. The Bertz CT molecular complexity index is 160. The number of carboxylic acid groups (broad SMARTS) is 1. The quantitative estimate of drug-likeness (QED) is 0.693. The number of hydrogen-bond acceptors (Lipinski definition) is 3.